The Morgan fingerprint density at radius 1 is 1.24 bits per heavy atom. The summed E-state index contributed by atoms with van der Waals surface area (Å²) < 4.78 is 13.2. The number of aromatic nitrogens is 4. The predicted octanol–water partition coefficient (Wildman–Crippen LogP) is 3.16. The smallest absolute Gasteiger partial charge is 0.258 e. The fourth-order valence-electron chi connectivity index (χ4n) is 4.31. The Balaban J connectivity index is 1.36. The molecule has 5 rings (SSSR count). The lowest BCUT2D eigenvalue weighted by Gasteiger charge is -2.30. The van der Waals surface area contributed by atoms with Crippen LogP contribution in [0.4, 0.5) is 0 Å². The average molecular weight is 395 g/mol. The second-order valence-corrected chi connectivity index (χ2v) is 7.85. The molecule has 2 saturated heterocycles. The van der Waals surface area contributed by atoms with Crippen LogP contribution in [0.3, 0.4) is 0 Å². The number of benzene rings is 1. The van der Waals surface area contributed by atoms with E-state index in [1.807, 2.05) is 34.8 Å². The average Bonchev–Trinajstić information content (AvgIpc) is 3.53. The highest BCUT2D eigenvalue weighted by atomic mass is 16.5. The Hall–Kier alpha value is -2.74. The van der Waals surface area contributed by atoms with E-state index in [1.165, 1.54) is 0 Å². The van der Waals surface area contributed by atoms with Crippen molar-refractivity contribution in [3.63, 3.8) is 0 Å². The van der Waals surface area contributed by atoms with E-state index >= 15 is 0 Å². The van der Waals surface area contributed by atoms with Gasteiger partial charge in [-0.15, -0.1) is 0 Å². The van der Waals surface area contributed by atoms with Crippen LogP contribution in [0.2, 0.25) is 0 Å². The lowest BCUT2D eigenvalue weighted by atomic mass is 9.96. The number of carbonyl (C=O) groups is 1. The van der Waals surface area contributed by atoms with Gasteiger partial charge in [-0.25, -0.2) is 0 Å². The zero-order chi connectivity index (χ0) is 19.8. The van der Waals surface area contributed by atoms with Crippen molar-refractivity contribution in [1.82, 2.24) is 24.8 Å². The summed E-state index contributed by atoms with van der Waals surface area (Å²) in [6, 6.07) is 6.39. The summed E-state index contributed by atoms with van der Waals surface area (Å²) in [5, 5.41) is 9.89. The van der Waals surface area contributed by atoms with Crippen molar-refractivity contribution >= 4 is 16.8 Å². The molecule has 0 saturated carbocycles. The highest BCUT2D eigenvalue weighted by molar-refractivity contribution is 5.83. The molecule has 1 atom stereocenters. The monoisotopic (exact) mass is 395 g/mol. The first kappa shape index (κ1) is 18.3. The maximum absolute atomic E-state index is 11.9. The molecule has 0 bridgehead atoms. The van der Waals surface area contributed by atoms with Crippen molar-refractivity contribution in [3.8, 4) is 11.5 Å². The number of rotatable bonds is 4. The van der Waals surface area contributed by atoms with Crippen LogP contribution in [0, 0.1) is 0 Å². The molecular weight excluding hydrogens is 370 g/mol. The molecule has 1 amide bonds. The molecule has 0 aliphatic carbocycles. The zero-order valence-electron chi connectivity index (χ0n) is 16.6. The molecule has 2 aliphatic heterocycles. The molecule has 8 heteroatoms. The molecule has 0 radical (unpaired) electrons. The van der Waals surface area contributed by atoms with E-state index in [0.29, 0.717) is 18.9 Å². The molecule has 2 aromatic heterocycles. The largest absolute Gasteiger partial charge is 0.379 e. The molecule has 2 aliphatic rings. The molecule has 1 aromatic carbocycles. The first-order chi connectivity index (χ1) is 14.2. The van der Waals surface area contributed by atoms with E-state index in [2.05, 4.69) is 21.3 Å². The molecule has 1 unspecified atom stereocenters. The maximum atomic E-state index is 11.9. The van der Waals surface area contributed by atoms with Crippen LogP contribution in [0.15, 0.2) is 28.9 Å². The Morgan fingerprint density at radius 3 is 2.86 bits per heavy atom. The second-order valence-electron chi connectivity index (χ2n) is 7.85. The van der Waals surface area contributed by atoms with Crippen LogP contribution in [-0.4, -0.2) is 57.0 Å². The van der Waals surface area contributed by atoms with Gasteiger partial charge in [0.05, 0.1) is 24.4 Å². The van der Waals surface area contributed by atoms with Crippen molar-refractivity contribution in [3.05, 3.63) is 30.2 Å². The summed E-state index contributed by atoms with van der Waals surface area (Å²) in [5.41, 5.74) is 1.96. The number of hydrogen-bond donors (Lipinski definition) is 0. The van der Waals surface area contributed by atoms with Crippen molar-refractivity contribution in [2.45, 2.75) is 44.6 Å². The van der Waals surface area contributed by atoms with Crippen molar-refractivity contribution in [1.29, 1.82) is 0 Å². The Labute approximate surface area is 168 Å². The Bertz CT molecular complexity index is 1010. The molecule has 8 nitrogen and oxygen atoms in total. The van der Waals surface area contributed by atoms with Crippen molar-refractivity contribution in [2.75, 3.05) is 26.3 Å². The lowest BCUT2D eigenvalue weighted by Crippen LogP contribution is -2.37. The van der Waals surface area contributed by atoms with Gasteiger partial charge in [-0.3, -0.25) is 9.48 Å². The molecule has 0 N–H and O–H groups in total. The summed E-state index contributed by atoms with van der Waals surface area (Å²) >= 11 is 0. The van der Waals surface area contributed by atoms with E-state index in [0.717, 1.165) is 61.2 Å². The van der Waals surface area contributed by atoms with Gasteiger partial charge in [0.1, 0.15) is 0 Å². The Kier molecular flexibility index (Phi) is 4.79. The summed E-state index contributed by atoms with van der Waals surface area (Å²) in [6.07, 6.45) is 5.17. The van der Waals surface area contributed by atoms with Crippen molar-refractivity contribution in [2.24, 2.45) is 0 Å². The fourth-order valence-corrected chi connectivity index (χ4v) is 4.31. The summed E-state index contributed by atoms with van der Waals surface area (Å²) in [7, 11) is 0. The Morgan fingerprint density at radius 2 is 2.10 bits per heavy atom. The number of likely N-dealkylation sites (tertiary alicyclic amines) is 1. The molecule has 152 valence electrons. The van der Waals surface area contributed by atoms with Crippen LogP contribution in [0.5, 0.6) is 0 Å². The van der Waals surface area contributed by atoms with E-state index in [9.17, 15) is 4.79 Å². The summed E-state index contributed by atoms with van der Waals surface area (Å²) in [5.74, 6) is 1.72. The third-order valence-electron chi connectivity index (χ3n) is 6.05. The van der Waals surface area contributed by atoms with Gasteiger partial charge in [0.25, 0.3) is 5.89 Å². The highest BCUT2D eigenvalue weighted by Gasteiger charge is 2.27. The number of carbonyl (C=O) groups excluding carboxylic acids is 1. The number of piperidine rings is 1. The van der Waals surface area contributed by atoms with E-state index in [-0.39, 0.29) is 17.9 Å². The molecule has 29 heavy (non-hydrogen) atoms. The first-order valence-corrected chi connectivity index (χ1v) is 10.4. The third-order valence-corrected chi connectivity index (χ3v) is 6.05. The standard InChI is InChI=1S/C21H25N5O3/c1-2-19(27)25-8-5-14(6-9-25)20-23-21(29-24-20)15-3-4-16-12-22-26(18(16)11-15)17-7-10-28-13-17/h3-4,11-12,14,17H,2,5-10,13H2,1H3. The summed E-state index contributed by atoms with van der Waals surface area (Å²) in [4.78, 5) is 18.5. The molecule has 4 heterocycles. The van der Waals surface area contributed by atoms with Crippen molar-refractivity contribution < 1.29 is 14.1 Å². The summed E-state index contributed by atoms with van der Waals surface area (Å²) in [6.45, 7) is 4.90. The van der Waals surface area contributed by atoms with Gasteiger partial charge < -0.3 is 14.2 Å². The van der Waals surface area contributed by atoms with E-state index in [4.69, 9.17) is 9.26 Å². The number of nitrogens with zero attached hydrogens (tertiary/aromatic N) is 5. The van der Waals surface area contributed by atoms with E-state index in [1.54, 1.807) is 0 Å². The second kappa shape index (κ2) is 7.59. The van der Waals surface area contributed by atoms with Gasteiger partial charge in [0, 0.05) is 43.0 Å². The van der Waals surface area contributed by atoms with Crippen LogP contribution < -0.4 is 0 Å². The lowest BCUT2D eigenvalue weighted by molar-refractivity contribution is -0.131. The van der Waals surface area contributed by atoms with Gasteiger partial charge in [-0.2, -0.15) is 10.1 Å². The zero-order valence-corrected chi connectivity index (χ0v) is 16.6. The van der Waals surface area contributed by atoms with Crippen LogP contribution >= 0.6 is 0 Å². The SMILES string of the molecule is CCC(=O)N1CCC(c2noc(-c3ccc4cnn(C5CCOC5)c4c3)n2)CC1. The number of ether oxygens (including phenoxy) is 1. The highest BCUT2D eigenvalue weighted by Crippen LogP contribution is 2.30. The van der Waals surface area contributed by atoms with Crippen LogP contribution in [-0.2, 0) is 9.53 Å². The molecule has 3 aromatic rings. The normalized spacial score (nSPS) is 20.6. The molecular formula is C21H25N5O3. The number of amides is 1. The van der Waals surface area contributed by atoms with E-state index < -0.39 is 0 Å². The molecule has 2 fully saturated rings. The maximum Gasteiger partial charge on any atom is 0.258 e. The van der Waals surface area contributed by atoms with Gasteiger partial charge in [-0.05, 0) is 31.4 Å². The van der Waals surface area contributed by atoms with Crippen LogP contribution in [0.1, 0.15) is 50.4 Å². The van der Waals surface area contributed by atoms with Gasteiger partial charge in [-0.1, -0.05) is 18.1 Å². The predicted molar refractivity (Wildman–Crippen MR) is 106 cm³/mol. The van der Waals surface area contributed by atoms with Crippen LogP contribution in [0.25, 0.3) is 22.4 Å². The quantitative estimate of drug-likeness (QED) is 0.674. The minimum Gasteiger partial charge on any atom is -0.379 e. The topological polar surface area (TPSA) is 86.3 Å². The minimum absolute atomic E-state index is 0.217. The van der Waals surface area contributed by atoms with Gasteiger partial charge in [0.15, 0.2) is 5.82 Å². The number of fused-ring (bicyclic) bond motifs is 1. The van der Waals surface area contributed by atoms with Gasteiger partial charge >= 0.3 is 0 Å². The van der Waals surface area contributed by atoms with Gasteiger partial charge in [0.2, 0.25) is 5.91 Å². The first-order valence-electron chi connectivity index (χ1n) is 10.4. The third kappa shape index (κ3) is 3.42. The molecule has 0 spiro atoms. The minimum atomic E-state index is 0.217. The number of hydrogen-bond acceptors (Lipinski definition) is 6. The fraction of sp³-hybridized carbons (Fsp3) is 0.524.